The lowest BCUT2D eigenvalue weighted by molar-refractivity contribution is -0.387. The van der Waals surface area contributed by atoms with E-state index >= 15 is 0 Å². The van der Waals surface area contributed by atoms with Crippen molar-refractivity contribution in [2.45, 2.75) is 6.42 Å². The third kappa shape index (κ3) is 3.09. The maximum Gasteiger partial charge on any atom is 0.306 e. The van der Waals surface area contributed by atoms with E-state index in [9.17, 15) is 14.5 Å². The number of nitrogens with one attached hydrogen (secondary N) is 1. The molecule has 17 heavy (non-hydrogen) atoms. The Bertz CT molecular complexity index is 422. The summed E-state index contributed by atoms with van der Waals surface area (Å²) in [7, 11) is 0. The standard InChI is InChI=1S/C11H13FN2O2S/c12-10-2-1-9(5-11(10)14(15)16)13-6-8-3-4-17-7-8/h1-2,5,8,13H,3-4,6-7H2. The molecule has 0 saturated carbocycles. The van der Waals surface area contributed by atoms with E-state index in [0.29, 0.717) is 11.6 Å². The molecule has 1 aromatic carbocycles. The molecule has 1 saturated heterocycles. The summed E-state index contributed by atoms with van der Waals surface area (Å²) in [5, 5.41) is 13.7. The fourth-order valence-electron chi connectivity index (χ4n) is 1.77. The first-order chi connectivity index (χ1) is 8.16. The van der Waals surface area contributed by atoms with Crippen LogP contribution in [0.4, 0.5) is 15.8 Å². The number of nitrogens with zero attached hydrogens (tertiary/aromatic N) is 1. The number of nitro benzene ring substituents is 1. The van der Waals surface area contributed by atoms with E-state index in [1.54, 1.807) is 0 Å². The van der Waals surface area contributed by atoms with Crippen molar-refractivity contribution in [1.82, 2.24) is 0 Å². The van der Waals surface area contributed by atoms with Gasteiger partial charge in [-0.2, -0.15) is 16.2 Å². The SMILES string of the molecule is O=[N+]([O-])c1cc(NCC2CCSC2)ccc1F. The van der Waals surface area contributed by atoms with Crippen molar-refractivity contribution in [3.8, 4) is 0 Å². The molecular weight excluding hydrogens is 243 g/mol. The molecule has 1 atom stereocenters. The van der Waals surface area contributed by atoms with E-state index in [1.807, 2.05) is 11.8 Å². The highest BCUT2D eigenvalue weighted by molar-refractivity contribution is 7.99. The summed E-state index contributed by atoms with van der Waals surface area (Å²) in [6, 6.07) is 3.91. The summed E-state index contributed by atoms with van der Waals surface area (Å²) < 4.78 is 13.1. The van der Waals surface area contributed by atoms with Crippen LogP contribution in [0.3, 0.4) is 0 Å². The lowest BCUT2D eigenvalue weighted by Crippen LogP contribution is -2.13. The van der Waals surface area contributed by atoms with Gasteiger partial charge in [-0.25, -0.2) is 0 Å². The molecule has 1 unspecified atom stereocenters. The van der Waals surface area contributed by atoms with Gasteiger partial charge in [-0.05, 0) is 36.0 Å². The second kappa shape index (κ2) is 5.35. The summed E-state index contributed by atoms with van der Waals surface area (Å²) in [5.41, 5.74) is 0.130. The number of benzene rings is 1. The number of hydrogen-bond donors (Lipinski definition) is 1. The van der Waals surface area contributed by atoms with Crippen molar-refractivity contribution < 1.29 is 9.31 Å². The molecule has 2 rings (SSSR count). The number of rotatable bonds is 4. The largest absolute Gasteiger partial charge is 0.385 e. The first-order valence-electron chi connectivity index (χ1n) is 5.42. The first kappa shape index (κ1) is 12.2. The lowest BCUT2D eigenvalue weighted by Gasteiger charge is -2.11. The average Bonchev–Trinajstić information content (AvgIpc) is 2.80. The van der Waals surface area contributed by atoms with Crippen molar-refractivity contribution in [2.24, 2.45) is 5.92 Å². The molecule has 6 heteroatoms. The van der Waals surface area contributed by atoms with Gasteiger partial charge < -0.3 is 5.32 Å². The zero-order valence-corrected chi connectivity index (χ0v) is 10.0. The minimum Gasteiger partial charge on any atom is -0.385 e. The van der Waals surface area contributed by atoms with Gasteiger partial charge >= 0.3 is 5.69 Å². The number of anilines is 1. The Morgan fingerprint density at radius 3 is 3.06 bits per heavy atom. The van der Waals surface area contributed by atoms with Crippen LogP contribution in [0, 0.1) is 21.8 Å². The molecule has 0 radical (unpaired) electrons. The molecule has 0 aliphatic carbocycles. The van der Waals surface area contributed by atoms with Gasteiger partial charge in [0.15, 0.2) is 0 Å². The van der Waals surface area contributed by atoms with Crippen molar-refractivity contribution in [2.75, 3.05) is 23.4 Å². The number of nitro groups is 1. The van der Waals surface area contributed by atoms with Gasteiger partial charge in [0.05, 0.1) is 4.92 Å². The Balaban J connectivity index is 2.00. The molecule has 1 N–H and O–H groups in total. The molecule has 0 spiro atoms. The second-order valence-electron chi connectivity index (χ2n) is 4.03. The highest BCUT2D eigenvalue weighted by Crippen LogP contribution is 2.25. The Morgan fingerprint density at radius 1 is 1.59 bits per heavy atom. The molecule has 1 aromatic rings. The summed E-state index contributed by atoms with van der Waals surface area (Å²) in [6.07, 6.45) is 1.17. The molecule has 0 amide bonds. The quantitative estimate of drug-likeness (QED) is 0.664. The highest BCUT2D eigenvalue weighted by Gasteiger charge is 2.17. The minimum absolute atomic E-state index is 0.476. The molecular formula is C11H13FN2O2S. The van der Waals surface area contributed by atoms with Crippen LogP contribution in [-0.4, -0.2) is 23.0 Å². The summed E-state index contributed by atoms with van der Waals surface area (Å²) in [4.78, 5) is 9.87. The third-order valence-electron chi connectivity index (χ3n) is 2.76. The van der Waals surface area contributed by atoms with Crippen LogP contribution < -0.4 is 5.32 Å². The smallest absolute Gasteiger partial charge is 0.306 e. The van der Waals surface area contributed by atoms with E-state index < -0.39 is 16.4 Å². The van der Waals surface area contributed by atoms with Crippen molar-refractivity contribution in [3.63, 3.8) is 0 Å². The van der Waals surface area contributed by atoms with E-state index in [0.717, 1.165) is 18.4 Å². The van der Waals surface area contributed by atoms with Crippen LogP contribution in [0.1, 0.15) is 6.42 Å². The first-order valence-corrected chi connectivity index (χ1v) is 6.58. The van der Waals surface area contributed by atoms with Crippen LogP contribution in [0.25, 0.3) is 0 Å². The van der Waals surface area contributed by atoms with Gasteiger partial charge in [-0.15, -0.1) is 0 Å². The Hall–Kier alpha value is -1.30. The van der Waals surface area contributed by atoms with Gasteiger partial charge in [0.2, 0.25) is 5.82 Å². The fourth-order valence-corrected chi connectivity index (χ4v) is 3.05. The summed E-state index contributed by atoms with van der Waals surface area (Å²) >= 11 is 1.92. The third-order valence-corrected chi connectivity index (χ3v) is 3.99. The highest BCUT2D eigenvalue weighted by atomic mass is 32.2. The number of thioether (sulfide) groups is 1. The van der Waals surface area contributed by atoms with Crippen LogP contribution in [0.5, 0.6) is 0 Å². The van der Waals surface area contributed by atoms with E-state index in [2.05, 4.69) is 5.32 Å². The number of hydrogen-bond acceptors (Lipinski definition) is 4. The van der Waals surface area contributed by atoms with Crippen LogP contribution in [0.15, 0.2) is 18.2 Å². The zero-order valence-electron chi connectivity index (χ0n) is 9.19. The summed E-state index contributed by atoms with van der Waals surface area (Å²) in [6.45, 7) is 0.787. The van der Waals surface area contributed by atoms with Crippen molar-refractivity contribution in [3.05, 3.63) is 34.1 Å². The topological polar surface area (TPSA) is 55.2 Å². The molecule has 92 valence electrons. The number of halogens is 1. The zero-order chi connectivity index (χ0) is 12.3. The van der Waals surface area contributed by atoms with E-state index in [1.165, 1.54) is 24.3 Å². The maximum atomic E-state index is 13.1. The van der Waals surface area contributed by atoms with Gasteiger partial charge in [-0.3, -0.25) is 10.1 Å². The molecule has 1 aliphatic heterocycles. The Morgan fingerprint density at radius 2 is 2.41 bits per heavy atom. The van der Waals surface area contributed by atoms with Crippen LogP contribution >= 0.6 is 11.8 Å². The molecule has 1 aliphatic rings. The van der Waals surface area contributed by atoms with Gasteiger partial charge in [0, 0.05) is 18.3 Å². The molecule has 1 heterocycles. The summed E-state index contributed by atoms with van der Waals surface area (Å²) in [5.74, 6) is 2.10. The molecule has 1 fully saturated rings. The predicted molar refractivity (Wildman–Crippen MR) is 67.0 cm³/mol. The Kier molecular flexibility index (Phi) is 3.83. The van der Waals surface area contributed by atoms with Gasteiger partial charge in [0.1, 0.15) is 0 Å². The predicted octanol–water partition coefficient (Wildman–Crippen LogP) is 2.90. The van der Waals surface area contributed by atoms with Gasteiger partial charge in [0.25, 0.3) is 0 Å². The molecule has 0 aromatic heterocycles. The van der Waals surface area contributed by atoms with E-state index in [4.69, 9.17) is 0 Å². The van der Waals surface area contributed by atoms with Gasteiger partial charge in [-0.1, -0.05) is 0 Å². The van der Waals surface area contributed by atoms with Crippen LogP contribution in [-0.2, 0) is 0 Å². The van der Waals surface area contributed by atoms with Crippen molar-refractivity contribution in [1.29, 1.82) is 0 Å². The lowest BCUT2D eigenvalue weighted by atomic mass is 10.1. The Labute approximate surface area is 103 Å². The minimum atomic E-state index is -0.794. The molecule has 0 bridgehead atoms. The maximum absolute atomic E-state index is 13.1. The normalized spacial score (nSPS) is 19.2. The monoisotopic (exact) mass is 256 g/mol. The van der Waals surface area contributed by atoms with Crippen LogP contribution in [0.2, 0.25) is 0 Å². The average molecular weight is 256 g/mol. The van der Waals surface area contributed by atoms with Crippen molar-refractivity contribution >= 4 is 23.1 Å². The van der Waals surface area contributed by atoms with E-state index in [-0.39, 0.29) is 0 Å². The molecule has 4 nitrogen and oxygen atoms in total. The fraction of sp³-hybridized carbons (Fsp3) is 0.455. The second-order valence-corrected chi connectivity index (χ2v) is 5.18.